The lowest BCUT2D eigenvalue weighted by Gasteiger charge is -2.18. The number of hydrogen-bond donors (Lipinski definition) is 0. The molecule has 0 bridgehead atoms. The number of allylic oxidation sites excluding steroid dienone is 14. The van der Waals surface area contributed by atoms with E-state index < -0.39 is 6.10 Å². The second-order valence-electron chi connectivity index (χ2n) is 19.2. The van der Waals surface area contributed by atoms with Crippen LogP contribution in [0.2, 0.25) is 0 Å². The number of rotatable bonds is 52. The van der Waals surface area contributed by atoms with Crippen LogP contribution in [0.1, 0.15) is 278 Å². The largest absolute Gasteiger partial charge is 0.462 e. The molecule has 0 aromatic rings. The van der Waals surface area contributed by atoms with Gasteiger partial charge in [-0.3, -0.25) is 14.4 Å². The molecule has 0 aromatic heterocycles. The van der Waals surface area contributed by atoms with Crippen LogP contribution in [0, 0.1) is 0 Å². The van der Waals surface area contributed by atoms with E-state index in [1.165, 1.54) is 135 Å². The smallest absolute Gasteiger partial charge is 0.306 e. The number of carbonyl (C=O) groups excluding carboxylic acids is 3. The third-order valence-electron chi connectivity index (χ3n) is 12.4. The molecule has 0 aliphatic rings. The van der Waals surface area contributed by atoms with E-state index >= 15 is 0 Å². The zero-order valence-corrected chi connectivity index (χ0v) is 45.3. The van der Waals surface area contributed by atoms with Crippen molar-refractivity contribution in [2.75, 3.05) is 13.2 Å². The normalized spacial score (nSPS) is 12.7. The third kappa shape index (κ3) is 55.4. The molecule has 0 fully saturated rings. The standard InChI is InChI=1S/C63H108O6/c1-4-7-10-13-16-19-22-25-28-30-31-33-35-38-41-44-47-50-53-56-62(65)68-59-60(58-67-61(64)55-52-49-46-43-40-37-34-27-24-21-18-15-12-9-6-3)69-63(66)57-54-51-48-45-42-39-36-32-29-26-23-20-17-14-11-8-5-2/h9,12,16,18-19,21,25,27-28,31,33-34,40,43,60H,4-8,10-11,13-15,17,20,22-24,26,29-30,32,35-39,41-42,44-59H2,1-3H3/b12-9-,19-16-,21-18-,28-25-,33-31-,34-27-,43-40-/t60-/m1/s1. The Labute approximate surface area is 426 Å². The lowest BCUT2D eigenvalue weighted by Crippen LogP contribution is -2.30. The molecule has 396 valence electrons. The molecule has 0 spiro atoms. The fourth-order valence-electron chi connectivity index (χ4n) is 8.03. The maximum atomic E-state index is 12.9. The molecule has 0 rings (SSSR count). The first-order valence-electron chi connectivity index (χ1n) is 29.1. The summed E-state index contributed by atoms with van der Waals surface area (Å²) in [7, 11) is 0. The predicted octanol–water partition coefficient (Wildman–Crippen LogP) is 19.5. The summed E-state index contributed by atoms with van der Waals surface area (Å²) in [5.74, 6) is -0.941. The zero-order chi connectivity index (χ0) is 50.0. The lowest BCUT2D eigenvalue weighted by molar-refractivity contribution is -0.167. The van der Waals surface area contributed by atoms with Crippen LogP contribution in [0.25, 0.3) is 0 Å². The van der Waals surface area contributed by atoms with Crippen molar-refractivity contribution in [3.63, 3.8) is 0 Å². The van der Waals surface area contributed by atoms with Crippen LogP contribution in [0.5, 0.6) is 0 Å². The van der Waals surface area contributed by atoms with Crippen molar-refractivity contribution in [3.05, 3.63) is 85.1 Å². The molecule has 0 heterocycles. The summed E-state index contributed by atoms with van der Waals surface area (Å²) in [6.45, 7) is 6.47. The molecule has 0 unspecified atom stereocenters. The lowest BCUT2D eigenvalue weighted by atomic mass is 10.0. The Hall–Kier alpha value is -3.41. The molecular weight excluding hydrogens is 853 g/mol. The Balaban J connectivity index is 4.44. The fourth-order valence-corrected chi connectivity index (χ4v) is 8.03. The number of esters is 3. The van der Waals surface area contributed by atoms with E-state index in [1.54, 1.807) is 0 Å². The molecule has 0 aliphatic carbocycles. The summed E-state index contributed by atoms with van der Waals surface area (Å²) in [4.78, 5) is 38.2. The molecule has 1 atom stereocenters. The van der Waals surface area contributed by atoms with Crippen molar-refractivity contribution >= 4 is 17.9 Å². The molecule has 0 aliphatic heterocycles. The van der Waals surface area contributed by atoms with Gasteiger partial charge in [0.05, 0.1) is 0 Å². The van der Waals surface area contributed by atoms with Gasteiger partial charge >= 0.3 is 17.9 Å². The van der Waals surface area contributed by atoms with Gasteiger partial charge < -0.3 is 14.2 Å². The first-order valence-corrected chi connectivity index (χ1v) is 29.1. The number of unbranched alkanes of at least 4 members (excludes halogenated alkanes) is 27. The van der Waals surface area contributed by atoms with Crippen molar-refractivity contribution in [1.29, 1.82) is 0 Å². The predicted molar refractivity (Wildman–Crippen MR) is 297 cm³/mol. The van der Waals surface area contributed by atoms with Gasteiger partial charge in [0.1, 0.15) is 13.2 Å². The van der Waals surface area contributed by atoms with Crippen LogP contribution in [-0.2, 0) is 28.6 Å². The van der Waals surface area contributed by atoms with E-state index in [4.69, 9.17) is 14.2 Å². The van der Waals surface area contributed by atoms with Gasteiger partial charge in [0.25, 0.3) is 0 Å². The van der Waals surface area contributed by atoms with Gasteiger partial charge in [-0.1, -0.05) is 247 Å². The second-order valence-corrected chi connectivity index (χ2v) is 19.2. The monoisotopic (exact) mass is 961 g/mol. The van der Waals surface area contributed by atoms with Crippen molar-refractivity contribution in [1.82, 2.24) is 0 Å². The molecule has 0 saturated heterocycles. The van der Waals surface area contributed by atoms with E-state index in [9.17, 15) is 14.4 Å². The van der Waals surface area contributed by atoms with Crippen LogP contribution in [-0.4, -0.2) is 37.2 Å². The second kappa shape index (κ2) is 57.2. The van der Waals surface area contributed by atoms with Crippen molar-refractivity contribution in [2.45, 2.75) is 284 Å². The quantitative estimate of drug-likeness (QED) is 0.0262. The summed E-state index contributed by atoms with van der Waals surface area (Å²) in [5, 5.41) is 0. The summed E-state index contributed by atoms with van der Waals surface area (Å²) in [6.07, 6.45) is 74.3. The van der Waals surface area contributed by atoms with E-state index in [0.717, 1.165) is 103 Å². The van der Waals surface area contributed by atoms with Crippen LogP contribution in [0.4, 0.5) is 0 Å². The number of ether oxygens (including phenoxy) is 3. The molecular formula is C63H108O6. The van der Waals surface area contributed by atoms with Gasteiger partial charge in [-0.05, 0) is 96.3 Å². The van der Waals surface area contributed by atoms with Crippen molar-refractivity contribution < 1.29 is 28.6 Å². The minimum atomic E-state index is -0.798. The molecule has 0 aromatic carbocycles. The summed E-state index contributed by atoms with van der Waals surface area (Å²) >= 11 is 0. The fraction of sp³-hybridized carbons (Fsp3) is 0.730. The van der Waals surface area contributed by atoms with Gasteiger partial charge in [-0.15, -0.1) is 0 Å². The van der Waals surface area contributed by atoms with Crippen LogP contribution < -0.4 is 0 Å². The molecule has 6 nitrogen and oxygen atoms in total. The highest BCUT2D eigenvalue weighted by Crippen LogP contribution is 2.16. The first-order chi connectivity index (χ1) is 34.0. The van der Waals surface area contributed by atoms with Gasteiger partial charge in [-0.2, -0.15) is 0 Å². The number of hydrogen-bond acceptors (Lipinski definition) is 6. The highest BCUT2D eigenvalue weighted by molar-refractivity contribution is 5.71. The van der Waals surface area contributed by atoms with E-state index in [0.29, 0.717) is 19.3 Å². The van der Waals surface area contributed by atoms with Crippen LogP contribution >= 0.6 is 0 Å². The van der Waals surface area contributed by atoms with Gasteiger partial charge in [-0.25, -0.2) is 0 Å². The zero-order valence-electron chi connectivity index (χ0n) is 45.3. The molecule has 6 heteroatoms. The van der Waals surface area contributed by atoms with E-state index in [1.807, 2.05) is 0 Å². The summed E-state index contributed by atoms with van der Waals surface area (Å²) < 4.78 is 16.8. The van der Waals surface area contributed by atoms with Crippen LogP contribution in [0.3, 0.4) is 0 Å². The molecule has 0 amide bonds. The van der Waals surface area contributed by atoms with Crippen molar-refractivity contribution in [2.24, 2.45) is 0 Å². The first kappa shape index (κ1) is 65.6. The minimum absolute atomic E-state index is 0.0950. The van der Waals surface area contributed by atoms with Crippen LogP contribution in [0.15, 0.2) is 85.1 Å². The topological polar surface area (TPSA) is 78.9 Å². The highest BCUT2D eigenvalue weighted by atomic mass is 16.6. The summed E-state index contributed by atoms with van der Waals surface area (Å²) in [5.41, 5.74) is 0. The van der Waals surface area contributed by atoms with Crippen molar-refractivity contribution in [3.8, 4) is 0 Å². The molecule has 0 radical (unpaired) electrons. The van der Waals surface area contributed by atoms with Gasteiger partial charge in [0.2, 0.25) is 0 Å². The molecule has 0 N–H and O–H groups in total. The summed E-state index contributed by atoms with van der Waals surface area (Å²) in [6, 6.07) is 0. The molecule has 69 heavy (non-hydrogen) atoms. The number of carbonyl (C=O) groups is 3. The molecule has 0 saturated carbocycles. The average molecular weight is 962 g/mol. The Morgan fingerprint density at radius 1 is 0.304 bits per heavy atom. The Kier molecular flexibility index (Phi) is 54.3. The van der Waals surface area contributed by atoms with Gasteiger partial charge in [0, 0.05) is 19.3 Å². The SMILES string of the molecule is CC/C=C\C/C=C\C/C=C\C/C=C\CCCCC(=O)OC[C@H](COC(=O)CCCCCCCC/C=C\C/C=C\C/C=C\CCCCC)OC(=O)CCCCCCCCCCCCCCCCCCC. The maximum absolute atomic E-state index is 12.9. The Morgan fingerprint density at radius 3 is 0.942 bits per heavy atom. The minimum Gasteiger partial charge on any atom is -0.462 e. The maximum Gasteiger partial charge on any atom is 0.306 e. The highest BCUT2D eigenvalue weighted by Gasteiger charge is 2.19. The van der Waals surface area contributed by atoms with E-state index in [2.05, 4.69) is 106 Å². The van der Waals surface area contributed by atoms with E-state index in [-0.39, 0.29) is 31.1 Å². The Bertz CT molecular complexity index is 1330. The third-order valence-corrected chi connectivity index (χ3v) is 12.4. The average Bonchev–Trinajstić information content (AvgIpc) is 3.35. The Morgan fingerprint density at radius 2 is 0.565 bits per heavy atom. The van der Waals surface area contributed by atoms with Gasteiger partial charge in [0.15, 0.2) is 6.10 Å².